The molecule has 1 aromatic rings. The van der Waals surface area contributed by atoms with Gasteiger partial charge in [-0.25, -0.2) is 4.79 Å². The Morgan fingerprint density at radius 2 is 2.27 bits per heavy atom. The zero-order valence-corrected chi connectivity index (χ0v) is 8.75. The Morgan fingerprint density at radius 1 is 1.53 bits per heavy atom. The molecule has 0 aromatic heterocycles. The SMILES string of the molecule is O=C(NC[C@H]1CO1)Nc1ccccc1Cl. The van der Waals surface area contributed by atoms with Gasteiger partial charge in [-0.2, -0.15) is 0 Å². The second-order valence-electron chi connectivity index (χ2n) is 3.27. The van der Waals surface area contributed by atoms with Crippen LogP contribution >= 0.6 is 11.6 Å². The van der Waals surface area contributed by atoms with Crippen molar-refractivity contribution < 1.29 is 9.53 Å². The van der Waals surface area contributed by atoms with Crippen LogP contribution in [0.4, 0.5) is 10.5 Å². The van der Waals surface area contributed by atoms with Gasteiger partial charge in [0.25, 0.3) is 0 Å². The van der Waals surface area contributed by atoms with E-state index in [-0.39, 0.29) is 12.1 Å². The normalized spacial score (nSPS) is 18.3. The standard InChI is InChI=1S/C10H11ClN2O2/c11-8-3-1-2-4-9(8)13-10(14)12-5-7-6-15-7/h1-4,7H,5-6H2,(H2,12,13,14)/t7-/m0/s1. The van der Waals surface area contributed by atoms with Gasteiger partial charge in [-0.3, -0.25) is 0 Å². The average Bonchev–Trinajstić information content (AvgIpc) is 3.02. The third kappa shape index (κ3) is 3.11. The molecule has 0 aliphatic carbocycles. The number of hydrogen-bond donors (Lipinski definition) is 2. The number of para-hydroxylation sites is 1. The highest BCUT2D eigenvalue weighted by Crippen LogP contribution is 2.20. The highest BCUT2D eigenvalue weighted by atomic mass is 35.5. The summed E-state index contributed by atoms with van der Waals surface area (Å²) in [6.45, 7) is 1.27. The van der Waals surface area contributed by atoms with Crippen LogP contribution in [0, 0.1) is 0 Å². The minimum Gasteiger partial charge on any atom is -0.371 e. The van der Waals surface area contributed by atoms with E-state index in [0.717, 1.165) is 6.61 Å². The number of anilines is 1. The van der Waals surface area contributed by atoms with Crippen molar-refractivity contribution in [2.45, 2.75) is 6.10 Å². The number of amides is 2. The van der Waals surface area contributed by atoms with Crippen LogP contribution in [0.25, 0.3) is 0 Å². The van der Waals surface area contributed by atoms with E-state index in [0.29, 0.717) is 17.3 Å². The minimum absolute atomic E-state index is 0.182. The van der Waals surface area contributed by atoms with Gasteiger partial charge in [-0.05, 0) is 12.1 Å². The molecule has 5 heteroatoms. The number of carbonyl (C=O) groups excluding carboxylic acids is 1. The molecule has 0 spiro atoms. The molecular weight excluding hydrogens is 216 g/mol. The maximum Gasteiger partial charge on any atom is 0.319 e. The Kier molecular flexibility index (Phi) is 3.08. The Balaban J connectivity index is 1.84. The Labute approximate surface area is 92.6 Å². The van der Waals surface area contributed by atoms with Crippen LogP contribution in [-0.2, 0) is 4.74 Å². The summed E-state index contributed by atoms with van der Waals surface area (Å²) in [5, 5.41) is 5.87. The summed E-state index contributed by atoms with van der Waals surface area (Å²) in [5.74, 6) is 0. The molecule has 0 unspecified atom stereocenters. The number of halogens is 1. The summed E-state index contributed by atoms with van der Waals surface area (Å²) in [7, 11) is 0. The number of urea groups is 1. The average molecular weight is 227 g/mol. The summed E-state index contributed by atoms with van der Waals surface area (Å²) in [4.78, 5) is 11.4. The molecule has 1 aliphatic heterocycles. The monoisotopic (exact) mass is 226 g/mol. The van der Waals surface area contributed by atoms with Gasteiger partial charge in [-0.15, -0.1) is 0 Å². The van der Waals surface area contributed by atoms with E-state index in [2.05, 4.69) is 10.6 Å². The van der Waals surface area contributed by atoms with E-state index >= 15 is 0 Å². The van der Waals surface area contributed by atoms with Crippen LogP contribution in [0.1, 0.15) is 0 Å². The van der Waals surface area contributed by atoms with Gasteiger partial charge in [0.1, 0.15) is 0 Å². The summed E-state index contributed by atoms with van der Waals surface area (Å²) < 4.78 is 4.96. The molecule has 1 heterocycles. The predicted molar refractivity (Wildman–Crippen MR) is 58.2 cm³/mol. The van der Waals surface area contributed by atoms with Crippen LogP contribution in [0.3, 0.4) is 0 Å². The van der Waals surface area contributed by atoms with Crippen molar-refractivity contribution in [2.24, 2.45) is 0 Å². The second kappa shape index (κ2) is 4.51. The van der Waals surface area contributed by atoms with Gasteiger partial charge in [-0.1, -0.05) is 23.7 Å². The molecule has 2 rings (SSSR count). The third-order valence-corrected chi connectivity index (χ3v) is 2.34. The Morgan fingerprint density at radius 3 is 2.93 bits per heavy atom. The summed E-state index contributed by atoms with van der Waals surface area (Å²) >= 11 is 5.88. The fraction of sp³-hybridized carbons (Fsp3) is 0.300. The third-order valence-electron chi connectivity index (χ3n) is 2.01. The molecule has 0 bridgehead atoms. The van der Waals surface area contributed by atoms with E-state index < -0.39 is 0 Å². The fourth-order valence-electron chi connectivity index (χ4n) is 1.12. The first-order chi connectivity index (χ1) is 7.25. The quantitative estimate of drug-likeness (QED) is 0.773. The molecule has 1 saturated heterocycles. The van der Waals surface area contributed by atoms with E-state index in [1.807, 2.05) is 12.1 Å². The molecule has 2 amide bonds. The van der Waals surface area contributed by atoms with Gasteiger partial charge >= 0.3 is 6.03 Å². The van der Waals surface area contributed by atoms with E-state index in [9.17, 15) is 4.79 Å². The van der Waals surface area contributed by atoms with Crippen molar-refractivity contribution in [1.82, 2.24) is 5.32 Å². The first-order valence-electron chi connectivity index (χ1n) is 4.66. The highest BCUT2D eigenvalue weighted by molar-refractivity contribution is 6.33. The largest absolute Gasteiger partial charge is 0.371 e. The van der Waals surface area contributed by atoms with Crippen molar-refractivity contribution in [3.05, 3.63) is 29.3 Å². The maximum atomic E-state index is 11.4. The second-order valence-corrected chi connectivity index (χ2v) is 3.68. The molecule has 80 valence electrons. The number of benzene rings is 1. The maximum absolute atomic E-state index is 11.4. The smallest absolute Gasteiger partial charge is 0.319 e. The van der Waals surface area contributed by atoms with Gasteiger partial charge in [0.05, 0.1) is 23.4 Å². The van der Waals surface area contributed by atoms with Gasteiger partial charge < -0.3 is 15.4 Å². The minimum atomic E-state index is -0.265. The summed E-state index contributed by atoms with van der Waals surface area (Å²) in [5.41, 5.74) is 0.605. The molecule has 0 saturated carbocycles. The van der Waals surface area contributed by atoms with E-state index in [1.54, 1.807) is 12.1 Å². The van der Waals surface area contributed by atoms with Crippen molar-refractivity contribution >= 4 is 23.3 Å². The number of rotatable bonds is 3. The Bertz CT molecular complexity index is 366. The lowest BCUT2D eigenvalue weighted by Gasteiger charge is -2.07. The molecule has 15 heavy (non-hydrogen) atoms. The van der Waals surface area contributed by atoms with Gasteiger partial charge in [0.2, 0.25) is 0 Å². The number of ether oxygens (including phenoxy) is 1. The molecule has 4 nitrogen and oxygen atoms in total. The number of hydrogen-bond acceptors (Lipinski definition) is 2. The topological polar surface area (TPSA) is 53.7 Å². The molecule has 1 fully saturated rings. The van der Waals surface area contributed by atoms with Crippen molar-refractivity contribution in [2.75, 3.05) is 18.5 Å². The lowest BCUT2D eigenvalue weighted by molar-refractivity contribution is 0.250. The molecule has 2 N–H and O–H groups in total. The van der Waals surface area contributed by atoms with Crippen LogP contribution < -0.4 is 10.6 Å². The number of carbonyl (C=O) groups is 1. The van der Waals surface area contributed by atoms with Crippen LogP contribution in [-0.4, -0.2) is 25.3 Å². The lowest BCUT2D eigenvalue weighted by atomic mass is 10.3. The summed E-state index contributed by atoms with van der Waals surface area (Å²) in [6.07, 6.45) is 0.182. The van der Waals surface area contributed by atoms with Crippen LogP contribution in [0.5, 0.6) is 0 Å². The number of epoxide rings is 1. The lowest BCUT2D eigenvalue weighted by Crippen LogP contribution is -2.31. The molecule has 1 atom stereocenters. The van der Waals surface area contributed by atoms with Crippen molar-refractivity contribution in [3.8, 4) is 0 Å². The first kappa shape index (κ1) is 10.3. The Hall–Kier alpha value is -1.26. The van der Waals surface area contributed by atoms with Gasteiger partial charge in [0.15, 0.2) is 0 Å². The van der Waals surface area contributed by atoms with Crippen LogP contribution in [0.2, 0.25) is 5.02 Å². The van der Waals surface area contributed by atoms with E-state index in [4.69, 9.17) is 16.3 Å². The summed E-state index contributed by atoms with van der Waals surface area (Å²) in [6, 6.07) is 6.82. The zero-order valence-electron chi connectivity index (χ0n) is 8.00. The zero-order chi connectivity index (χ0) is 10.7. The predicted octanol–water partition coefficient (Wildman–Crippen LogP) is 1.86. The molecule has 1 aliphatic rings. The van der Waals surface area contributed by atoms with E-state index in [1.165, 1.54) is 0 Å². The molecule has 0 radical (unpaired) electrons. The molecule has 1 aromatic carbocycles. The van der Waals surface area contributed by atoms with Crippen molar-refractivity contribution in [3.63, 3.8) is 0 Å². The molecular formula is C10H11ClN2O2. The van der Waals surface area contributed by atoms with Crippen molar-refractivity contribution in [1.29, 1.82) is 0 Å². The fourth-order valence-corrected chi connectivity index (χ4v) is 1.30. The first-order valence-corrected chi connectivity index (χ1v) is 5.04. The van der Waals surface area contributed by atoms with Gasteiger partial charge in [0, 0.05) is 6.54 Å². The van der Waals surface area contributed by atoms with Crippen LogP contribution in [0.15, 0.2) is 24.3 Å². The highest BCUT2D eigenvalue weighted by Gasteiger charge is 2.22. The number of nitrogens with one attached hydrogen (secondary N) is 2.